The minimum absolute atomic E-state index is 0.0662. The fraction of sp³-hybridized carbons (Fsp3) is 0.263. The summed E-state index contributed by atoms with van der Waals surface area (Å²) in [6, 6.07) is 15.1. The van der Waals surface area contributed by atoms with E-state index in [1.165, 1.54) is 0 Å². The molecule has 0 aliphatic heterocycles. The quantitative estimate of drug-likeness (QED) is 0.738. The van der Waals surface area contributed by atoms with E-state index in [9.17, 15) is 4.79 Å². The fourth-order valence-electron chi connectivity index (χ4n) is 2.72. The average molecular weight is 321 g/mol. The Balaban J connectivity index is 1.44. The van der Waals surface area contributed by atoms with Crippen molar-refractivity contribution in [3.63, 3.8) is 0 Å². The molecule has 2 amide bonds. The van der Waals surface area contributed by atoms with Crippen LogP contribution < -0.4 is 10.6 Å². The molecule has 0 radical (unpaired) electrons. The summed E-state index contributed by atoms with van der Waals surface area (Å²) in [6.45, 7) is 1.96. The van der Waals surface area contributed by atoms with Crippen LogP contribution in [-0.2, 0) is 0 Å². The third-order valence-electron chi connectivity index (χ3n) is 4.24. The van der Waals surface area contributed by atoms with E-state index in [1.54, 1.807) is 0 Å². The number of fused-ring (bicyclic) bond motifs is 1. The molecule has 2 aromatic carbocycles. The van der Waals surface area contributed by atoms with Gasteiger partial charge in [-0.25, -0.2) is 9.78 Å². The zero-order valence-corrected chi connectivity index (χ0v) is 13.5. The normalized spacial score (nSPS) is 15.2. The summed E-state index contributed by atoms with van der Waals surface area (Å²) in [4.78, 5) is 16.7. The first-order chi connectivity index (χ1) is 11.7. The molecule has 1 aromatic heterocycles. The van der Waals surface area contributed by atoms with Gasteiger partial charge >= 0.3 is 6.03 Å². The van der Waals surface area contributed by atoms with Crippen LogP contribution in [0, 0.1) is 0 Å². The lowest BCUT2D eigenvalue weighted by Gasteiger charge is -2.15. The summed E-state index contributed by atoms with van der Waals surface area (Å²) in [5.41, 5.74) is 3.32. The highest BCUT2D eigenvalue weighted by molar-refractivity contribution is 5.91. The second kappa shape index (κ2) is 6.00. The zero-order chi connectivity index (χ0) is 16.5. The van der Waals surface area contributed by atoms with Crippen LogP contribution in [0.5, 0.6) is 0 Å². The van der Waals surface area contributed by atoms with Gasteiger partial charge in [0.05, 0.1) is 6.04 Å². The molecule has 24 heavy (non-hydrogen) atoms. The standard InChI is InChI=1S/C19H19N3O2/c1-12(13-5-3-2-4-6-13)20-19(23)21-15-9-10-17-16(11-15)22-18(24-17)14-7-8-14/h2-6,9-12,14H,7-8H2,1H3,(H2,20,21,23). The molecular weight excluding hydrogens is 302 g/mol. The molecule has 0 spiro atoms. The molecule has 2 N–H and O–H groups in total. The summed E-state index contributed by atoms with van der Waals surface area (Å²) in [5.74, 6) is 1.29. The molecular formula is C19H19N3O2. The second-order valence-electron chi connectivity index (χ2n) is 6.24. The maximum absolute atomic E-state index is 12.2. The van der Waals surface area contributed by atoms with E-state index in [2.05, 4.69) is 15.6 Å². The lowest BCUT2D eigenvalue weighted by atomic mass is 10.1. The van der Waals surface area contributed by atoms with E-state index < -0.39 is 0 Å². The van der Waals surface area contributed by atoms with Crippen molar-refractivity contribution < 1.29 is 9.21 Å². The molecule has 1 heterocycles. The summed E-state index contributed by atoms with van der Waals surface area (Å²) in [7, 11) is 0. The fourth-order valence-corrected chi connectivity index (χ4v) is 2.72. The minimum atomic E-state index is -0.239. The van der Waals surface area contributed by atoms with Crippen molar-refractivity contribution in [1.82, 2.24) is 10.3 Å². The Kier molecular flexibility index (Phi) is 3.69. The predicted molar refractivity (Wildman–Crippen MR) is 93.0 cm³/mol. The first-order valence-corrected chi connectivity index (χ1v) is 8.22. The number of benzene rings is 2. The van der Waals surface area contributed by atoms with Crippen molar-refractivity contribution in [3.05, 3.63) is 60.0 Å². The van der Waals surface area contributed by atoms with Gasteiger partial charge in [0.15, 0.2) is 11.5 Å². The lowest BCUT2D eigenvalue weighted by Crippen LogP contribution is -2.31. The number of nitrogens with zero attached hydrogens (tertiary/aromatic N) is 1. The van der Waals surface area contributed by atoms with Crippen molar-refractivity contribution >= 4 is 22.8 Å². The number of anilines is 1. The van der Waals surface area contributed by atoms with Crippen molar-refractivity contribution in [2.45, 2.75) is 31.7 Å². The van der Waals surface area contributed by atoms with Crippen LogP contribution >= 0.6 is 0 Å². The van der Waals surface area contributed by atoms with Crippen molar-refractivity contribution in [1.29, 1.82) is 0 Å². The lowest BCUT2D eigenvalue weighted by molar-refractivity contribution is 0.249. The molecule has 5 heteroatoms. The molecule has 3 aromatic rings. The van der Waals surface area contributed by atoms with Gasteiger partial charge < -0.3 is 15.1 Å². The van der Waals surface area contributed by atoms with Gasteiger partial charge in [-0.1, -0.05) is 30.3 Å². The third kappa shape index (κ3) is 3.11. The minimum Gasteiger partial charge on any atom is -0.440 e. The number of carbonyl (C=O) groups excluding carboxylic acids is 1. The van der Waals surface area contributed by atoms with Crippen molar-refractivity contribution in [2.75, 3.05) is 5.32 Å². The number of hydrogen-bond donors (Lipinski definition) is 2. The zero-order valence-electron chi connectivity index (χ0n) is 13.5. The van der Waals surface area contributed by atoms with Crippen molar-refractivity contribution in [2.24, 2.45) is 0 Å². The van der Waals surface area contributed by atoms with Crippen LogP contribution in [0.2, 0.25) is 0 Å². The number of carbonyl (C=O) groups is 1. The number of hydrogen-bond acceptors (Lipinski definition) is 3. The van der Waals surface area contributed by atoms with E-state index in [1.807, 2.05) is 55.5 Å². The second-order valence-corrected chi connectivity index (χ2v) is 6.24. The van der Waals surface area contributed by atoms with Gasteiger partial charge in [-0.3, -0.25) is 0 Å². The molecule has 5 nitrogen and oxygen atoms in total. The molecule has 1 aliphatic rings. The maximum Gasteiger partial charge on any atom is 0.319 e. The third-order valence-corrected chi connectivity index (χ3v) is 4.24. The van der Waals surface area contributed by atoms with E-state index in [4.69, 9.17) is 4.42 Å². The first kappa shape index (κ1) is 14.8. The number of rotatable bonds is 4. The molecule has 1 unspecified atom stereocenters. The summed E-state index contributed by atoms with van der Waals surface area (Å²) in [6.07, 6.45) is 2.30. The number of amides is 2. The van der Waals surface area contributed by atoms with Crippen LogP contribution in [0.15, 0.2) is 52.9 Å². The van der Waals surface area contributed by atoms with Crippen LogP contribution in [-0.4, -0.2) is 11.0 Å². The van der Waals surface area contributed by atoms with Gasteiger partial charge in [0, 0.05) is 11.6 Å². The van der Waals surface area contributed by atoms with Crippen LogP contribution in [0.3, 0.4) is 0 Å². The summed E-state index contributed by atoms with van der Waals surface area (Å²) >= 11 is 0. The molecule has 0 saturated heterocycles. The maximum atomic E-state index is 12.2. The van der Waals surface area contributed by atoms with Gasteiger partial charge in [0.25, 0.3) is 0 Å². The predicted octanol–water partition coefficient (Wildman–Crippen LogP) is 4.59. The Bertz CT molecular complexity index is 869. The van der Waals surface area contributed by atoms with Gasteiger partial charge in [-0.05, 0) is 43.5 Å². The summed E-state index contributed by atoms with van der Waals surface area (Å²) in [5, 5.41) is 5.79. The number of aromatic nitrogens is 1. The summed E-state index contributed by atoms with van der Waals surface area (Å²) < 4.78 is 5.73. The Labute approximate surface area is 140 Å². The Hall–Kier alpha value is -2.82. The molecule has 4 rings (SSSR count). The van der Waals surface area contributed by atoms with Crippen LogP contribution in [0.4, 0.5) is 10.5 Å². The van der Waals surface area contributed by atoms with Gasteiger partial charge in [-0.2, -0.15) is 0 Å². The largest absolute Gasteiger partial charge is 0.440 e. The Morgan fingerprint density at radius 2 is 2.00 bits per heavy atom. The monoisotopic (exact) mass is 321 g/mol. The number of urea groups is 1. The molecule has 0 bridgehead atoms. The molecule has 1 fully saturated rings. The molecule has 1 saturated carbocycles. The topological polar surface area (TPSA) is 67.2 Å². The van der Waals surface area contributed by atoms with E-state index in [0.29, 0.717) is 11.6 Å². The van der Waals surface area contributed by atoms with Crippen LogP contribution in [0.1, 0.15) is 43.2 Å². The van der Waals surface area contributed by atoms with Crippen molar-refractivity contribution in [3.8, 4) is 0 Å². The first-order valence-electron chi connectivity index (χ1n) is 8.22. The molecule has 1 atom stereocenters. The average Bonchev–Trinajstić information content (AvgIpc) is 3.35. The molecule has 1 aliphatic carbocycles. The van der Waals surface area contributed by atoms with Crippen LogP contribution in [0.25, 0.3) is 11.1 Å². The van der Waals surface area contributed by atoms with Gasteiger partial charge in [0.1, 0.15) is 5.52 Å². The van der Waals surface area contributed by atoms with E-state index in [0.717, 1.165) is 35.4 Å². The Morgan fingerprint density at radius 1 is 1.21 bits per heavy atom. The van der Waals surface area contributed by atoms with Gasteiger partial charge in [-0.15, -0.1) is 0 Å². The highest BCUT2D eigenvalue weighted by Crippen LogP contribution is 2.40. The molecule has 122 valence electrons. The SMILES string of the molecule is CC(NC(=O)Nc1ccc2oc(C3CC3)nc2c1)c1ccccc1. The number of oxazole rings is 1. The highest BCUT2D eigenvalue weighted by atomic mass is 16.3. The highest BCUT2D eigenvalue weighted by Gasteiger charge is 2.28. The van der Waals surface area contributed by atoms with Gasteiger partial charge in [0.2, 0.25) is 0 Å². The van der Waals surface area contributed by atoms with E-state index in [-0.39, 0.29) is 12.1 Å². The Morgan fingerprint density at radius 3 is 2.75 bits per heavy atom. The number of nitrogens with one attached hydrogen (secondary N) is 2. The van der Waals surface area contributed by atoms with E-state index >= 15 is 0 Å². The smallest absolute Gasteiger partial charge is 0.319 e.